The van der Waals surface area contributed by atoms with Crippen LogP contribution in [0, 0.1) is 11.7 Å². The molecule has 2 aliphatic carbocycles. The highest BCUT2D eigenvalue weighted by molar-refractivity contribution is 5.70. The second kappa shape index (κ2) is 8.92. The van der Waals surface area contributed by atoms with Gasteiger partial charge in [0.15, 0.2) is 0 Å². The molecule has 3 aliphatic rings. The molecule has 3 fully saturated rings. The number of aromatic nitrogens is 3. The summed E-state index contributed by atoms with van der Waals surface area (Å²) in [4.78, 5) is 18.9. The molecule has 3 heterocycles. The zero-order valence-corrected chi connectivity index (χ0v) is 20.1. The van der Waals surface area contributed by atoms with E-state index in [1.54, 1.807) is 4.90 Å². The number of rotatable bonds is 5. The van der Waals surface area contributed by atoms with Gasteiger partial charge < -0.3 is 20.1 Å². The molecule has 1 amide bonds. The van der Waals surface area contributed by atoms with E-state index in [0.29, 0.717) is 31.5 Å². The Morgan fingerprint density at radius 2 is 2.09 bits per heavy atom. The van der Waals surface area contributed by atoms with Crippen LogP contribution in [0.1, 0.15) is 75.7 Å². The van der Waals surface area contributed by atoms with Crippen LogP contribution >= 0.6 is 0 Å². The lowest BCUT2D eigenvalue weighted by Crippen LogP contribution is -2.49. The van der Waals surface area contributed by atoms with E-state index in [9.17, 15) is 14.3 Å². The van der Waals surface area contributed by atoms with Gasteiger partial charge in [-0.05, 0) is 58.4 Å². The number of ether oxygens (including phenoxy) is 1. The summed E-state index contributed by atoms with van der Waals surface area (Å²) < 4.78 is 22.0. The second-order valence-corrected chi connectivity index (χ2v) is 10.9. The topological polar surface area (TPSA) is 92.5 Å². The van der Waals surface area contributed by atoms with E-state index in [4.69, 9.17) is 9.84 Å². The normalized spacial score (nSPS) is 25.2. The van der Waals surface area contributed by atoms with Crippen LogP contribution in [0.25, 0.3) is 11.3 Å². The van der Waals surface area contributed by atoms with E-state index in [2.05, 4.69) is 10.3 Å². The van der Waals surface area contributed by atoms with Crippen molar-refractivity contribution in [1.82, 2.24) is 25.0 Å². The molecular weight excluding hydrogens is 437 g/mol. The van der Waals surface area contributed by atoms with Crippen molar-refractivity contribution in [3.8, 4) is 11.3 Å². The van der Waals surface area contributed by atoms with Gasteiger partial charge in [0.2, 0.25) is 0 Å². The molecule has 1 atom stereocenters. The number of nitrogens with zero attached hydrogens (tertiary/aromatic N) is 4. The van der Waals surface area contributed by atoms with Crippen molar-refractivity contribution >= 4 is 6.09 Å². The highest BCUT2D eigenvalue weighted by Gasteiger charge is 2.36. The zero-order valence-electron chi connectivity index (χ0n) is 20.1. The van der Waals surface area contributed by atoms with Gasteiger partial charge in [-0.2, -0.15) is 5.10 Å². The number of nitrogens with one attached hydrogen (secondary N) is 1. The predicted molar refractivity (Wildman–Crippen MR) is 125 cm³/mol. The number of hydrogen-bond acceptors (Lipinski definition) is 6. The first-order valence-corrected chi connectivity index (χ1v) is 12.3. The number of carbonyl (C=O) groups is 1. The smallest absolute Gasteiger partial charge is 0.410 e. The third-order valence-corrected chi connectivity index (χ3v) is 6.91. The van der Waals surface area contributed by atoms with Gasteiger partial charge >= 0.3 is 6.09 Å². The summed E-state index contributed by atoms with van der Waals surface area (Å²) in [6.45, 7) is 7.25. The van der Waals surface area contributed by atoms with Gasteiger partial charge in [0.1, 0.15) is 11.4 Å². The lowest BCUT2D eigenvalue weighted by Gasteiger charge is -2.35. The van der Waals surface area contributed by atoms with Crippen LogP contribution in [0.15, 0.2) is 18.5 Å². The van der Waals surface area contributed by atoms with Gasteiger partial charge in [-0.1, -0.05) is 0 Å². The molecule has 1 aliphatic heterocycles. The molecule has 1 saturated heterocycles. The van der Waals surface area contributed by atoms with E-state index in [1.165, 1.54) is 12.3 Å². The summed E-state index contributed by atoms with van der Waals surface area (Å²) in [6, 6.07) is 1.54. The number of amides is 1. The van der Waals surface area contributed by atoms with E-state index in [0.717, 1.165) is 48.2 Å². The molecule has 5 rings (SSSR count). The second-order valence-electron chi connectivity index (χ2n) is 10.9. The SMILES string of the molecule is CC(C)(C)OC(=O)N1CCNC(c2cc(F)cnc2-c2cn(C3CC(CO)C3)nc2C2CC2)C1. The maximum atomic E-state index is 14.4. The predicted octanol–water partition coefficient (Wildman–Crippen LogP) is 3.79. The number of halogens is 1. The summed E-state index contributed by atoms with van der Waals surface area (Å²) in [5.41, 5.74) is 2.84. The van der Waals surface area contributed by atoms with Crippen LogP contribution in [-0.2, 0) is 4.74 Å². The Morgan fingerprint density at radius 3 is 2.76 bits per heavy atom. The maximum Gasteiger partial charge on any atom is 0.410 e. The largest absolute Gasteiger partial charge is 0.444 e. The number of hydrogen-bond donors (Lipinski definition) is 2. The average molecular weight is 472 g/mol. The fourth-order valence-electron chi connectivity index (χ4n) is 4.90. The van der Waals surface area contributed by atoms with Gasteiger partial charge in [-0.3, -0.25) is 9.67 Å². The monoisotopic (exact) mass is 471 g/mol. The Bertz CT molecular complexity index is 1060. The van der Waals surface area contributed by atoms with Gasteiger partial charge in [0, 0.05) is 49.5 Å². The molecule has 0 spiro atoms. The van der Waals surface area contributed by atoms with E-state index in [-0.39, 0.29) is 24.8 Å². The van der Waals surface area contributed by atoms with Crippen LogP contribution in [-0.4, -0.2) is 62.7 Å². The van der Waals surface area contributed by atoms with E-state index in [1.807, 2.05) is 31.6 Å². The molecule has 184 valence electrons. The molecule has 2 saturated carbocycles. The Morgan fingerprint density at radius 1 is 1.32 bits per heavy atom. The standard InChI is InChI=1S/C25H34FN5O3/c1-25(2,3)34-24(33)30-7-6-27-21(13-30)19-10-17(26)11-28-23(19)20-12-31(18-8-15(9-18)14-32)29-22(20)16-4-5-16/h10-12,15-16,18,21,27,32H,4-9,13-14H2,1-3H3. The maximum absolute atomic E-state index is 14.4. The summed E-state index contributed by atoms with van der Waals surface area (Å²) in [5, 5.41) is 17.8. The molecule has 0 aromatic carbocycles. The van der Waals surface area contributed by atoms with Crippen LogP contribution in [0.3, 0.4) is 0 Å². The third kappa shape index (κ3) is 4.81. The van der Waals surface area contributed by atoms with Crippen molar-refractivity contribution in [2.24, 2.45) is 5.92 Å². The molecule has 0 bridgehead atoms. The van der Waals surface area contributed by atoms with Crippen LogP contribution in [0.5, 0.6) is 0 Å². The first-order chi connectivity index (χ1) is 16.2. The van der Waals surface area contributed by atoms with Crippen LogP contribution in [0.2, 0.25) is 0 Å². The minimum absolute atomic E-state index is 0.214. The molecule has 9 heteroatoms. The third-order valence-electron chi connectivity index (χ3n) is 6.91. The Labute approximate surface area is 199 Å². The summed E-state index contributed by atoms with van der Waals surface area (Å²) >= 11 is 0. The highest BCUT2D eigenvalue weighted by Crippen LogP contribution is 2.46. The quantitative estimate of drug-likeness (QED) is 0.689. The minimum atomic E-state index is -0.576. The van der Waals surface area contributed by atoms with Crippen LogP contribution < -0.4 is 5.32 Å². The van der Waals surface area contributed by atoms with Crippen molar-refractivity contribution in [3.63, 3.8) is 0 Å². The van der Waals surface area contributed by atoms with Gasteiger partial charge in [-0.25, -0.2) is 9.18 Å². The molecule has 2 N–H and O–H groups in total. The van der Waals surface area contributed by atoms with Crippen molar-refractivity contribution in [3.05, 3.63) is 35.5 Å². The summed E-state index contributed by atoms with van der Waals surface area (Å²) in [7, 11) is 0. The first kappa shape index (κ1) is 23.2. The summed E-state index contributed by atoms with van der Waals surface area (Å²) in [5.74, 6) is 0.342. The lowest BCUT2D eigenvalue weighted by atomic mass is 9.81. The number of piperazine rings is 1. The van der Waals surface area contributed by atoms with E-state index >= 15 is 0 Å². The summed E-state index contributed by atoms with van der Waals surface area (Å²) in [6.07, 6.45) is 6.97. The zero-order chi connectivity index (χ0) is 24.0. The molecular formula is C25H34FN5O3. The van der Waals surface area contributed by atoms with Crippen molar-refractivity contribution in [2.45, 2.75) is 70.1 Å². The first-order valence-electron chi connectivity index (χ1n) is 12.3. The molecule has 8 nitrogen and oxygen atoms in total. The Balaban J connectivity index is 1.45. The van der Waals surface area contributed by atoms with Crippen molar-refractivity contribution < 1.29 is 19.0 Å². The highest BCUT2D eigenvalue weighted by atomic mass is 19.1. The number of aliphatic hydroxyl groups excluding tert-OH is 1. The van der Waals surface area contributed by atoms with Crippen LogP contribution in [0.4, 0.5) is 9.18 Å². The molecule has 1 unspecified atom stereocenters. The molecule has 2 aromatic heterocycles. The lowest BCUT2D eigenvalue weighted by molar-refractivity contribution is 0.0195. The number of pyridine rings is 1. The average Bonchev–Trinajstić information content (AvgIpc) is 3.51. The Hall–Kier alpha value is -2.52. The fourth-order valence-corrected chi connectivity index (χ4v) is 4.90. The minimum Gasteiger partial charge on any atom is -0.444 e. The van der Waals surface area contributed by atoms with Gasteiger partial charge in [0.05, 0.1) is 29.7 Å². The Kier molecular flexibility index (Phi) is 6.10. The fraction of sp³-hybridized carbons (Fsp3) is 0.640. The number of aliphatic hydroxyl groups is 1. The van der Waals surface area contributed by atoms with Crippen molar-refractivity contribution in [1.29, 1.82) is 0 Å². The van der Waals surface area contributed by atoms with Crippen molar-refractivity contribution in [2.75, 3.05) is 26.2 Å². The van der Waals surface area contributed by atoms with E-state index < -0.39 is 11.4 Å². The molecule has 0 radical (unpaired) electrons. The molecule has 34 heavy (non-hydrogen) atoms. The number of carbonyl (C=O) groups excluding carboxylic acids is 1. The van der Waals surface area contributed by atoms with Gasteiger partial charge in [0.25, 0.3) is 0 Å². The van der Waals surface area contributed by atoms with Gasteiger partial charge in [-0.15, -0.1) is 0 Å². The molecule has 2 aromatic rings.